The summed E-state index contributed by atoms with van der Waals surface area (Å²) >= 11 is 1.77. The maximum Gasteiger partial charge on any atom is 0.222 e. The predicted molar refractivity (Wildman–Crippen MR) is 78.1 cm³/mol. The second kappa shape index (κ2) is 4.98. The Labute approximate surface area is 123 Å². The molecule has 3 heterocycles. The average Bonchev–Trinajstić information content (AvgIpc) is 3.05. The van der Waals surface area contributed by atoms with Crippen molar-refractivity contribution in [2.45, 2.75) is 50.5 Å². The number of likely N-dealkylation sites (tertiary alicyclic amines) is 1. The molecule has 2 aliphatic heterocycles. The van der Waals surface area contributed by atoms with Gasteiger partial charge < -0.3 is 9.80 Å². The maximum atomic E-state index is 11.8. The van der Waals surface area contributed by atoms with E-state index in [0.717, 1.165) is 50.4 Å². The number of aromatic nitrogens is 2. The third kappa shape index (κ3) is 2.30. The van der Waals surface area contributed by atoms with Crippen molar-refractivity contribution in [2.24, 2.45) is 0 Å². The fraction of sp³-hybridized carbons (Fsp3) is 0.786. The molecule has 5 nitrogen and oxygen atoms in total. The first kappa shape index (κ1) is 12.6. The van der Waals surface area contributed by atoms with E-state index in [-0.39, 0.29) is 0 Å². The monoisotopic (exact) mass is 292 g/mol. The van der Waals surface area contributed by atoms with Crippen molar-refractivity contribution >= 4 is 22.4 Å². The second-order valence-electron chi connectivity index (χ2n) is 6.11. The molecule has 4 rings (SSSR count). The van der Waals surface area contributed by atoms with Crippen LogP contribution in [0.5, 0.6) is 0 Å². The van der Waals surface area contributed by atoms with E-state index in [4.69, 9.17) is 0 Å². The molecule has 1 aromatic rings. The van der Waals surface area contributed by atoms with Gasteiger partial charge in [-0.05, 0) is 32.1 Å². The van der Waals surface area contributed by atoms with Crippen LogP contribution in [0, 0.1) is 0 Å². The number of nitrogens with zero attached hydrogens (tertiary/aromatic N) is 4. The number of rotatable bonds is 3. The molecule has 3 fully saturated rings. The lowest BCUT2D eigenvalue weighted by Crippen LogP contribution is -2.45. The van der Waals surface area contributed by atoms with Gasteiger partial charge in [0.15, 0.2) is 0 Å². The molecule has 1 aliphatic carbocycles. The van der Waals surface area contributed by atoms with Gasteiger partial charge in [-0.15, -0.1) is 10.2 Å². The third-order valence-electron chi connectivity index (χ3n) is 4.64. The molecule has 2 saturated heterocycles. The molecule has 1 aromatic heterocycles. The quantitative estimate of drug-likeness (QED) is 0.855. The lowest BCUT2D eigenvalue weighted by molar-refractivity contribution is -0.130. The number of hydrogen-bond acceptors (Lipinski definition) is 5. The Morgan fingerprint density at radius 1 is 1.05 bits per heavy atom. The zero-order valence-corrected chi connectivity index (χ0v) is 12.4. The standard InChI is InChI=1S/C14H20N4OS/c19-12-2-1-7-18(12)11-5-8-17(9-6-11)14-16-15-13(20-14)10-3-4-10/h10-11H,1-9H2. The number of hydrogen-bond donors (Lipinski definition) is 0. The first-order valence-corrected chi connectivity index (χ1v) is 8.51. The van der Waals surface area contributed by atoms with E-state index >= 15 is 0 Å². The number of carbonyl (C=O) groups excluding carboxylic acids is 1. The Balaban J connectivity index is 1.37. The van der Waals surface area contributed by atoms with E-state index in [1.165, 1.54) is 17.8 Å². The highest BCUT2D eigenvalue weighted by Gasteiger charge is 2.32. The summed E-state index contributed by atoms with van der Waals surface area (Å²) in [5.41, 5.74) is 0. The summed E-state index contributed by atoms with van der Waals surface area (Å²) in [6.07, 6.45) is 6.51. The van der Waals surface area contributed by atoms with Crippen molar-refractivity contribution < 1.29 is 4.79 Å². The van der Waals surface area contributed by atoms with Crippen LogP contribution >= 0.6 is 11.3 Å². The summed E-state index contributed by atoms with van der Waals surface area (Å²) in [5.74, 6) is 1.05. The molecule has 1 amide bonds. The Kier molecular flexibility index (Phi) is 3.13. The van der Waals surface area contributed by atoms with E-state index in [9.17, 15) is 4.79 Å². The topological polar surface area (TPSA) is 49.3 Å². The van der Waals surface area contributed by atoms with Crippen LogP contribution in [0.2, 0.25) is 0 Å². The van der Waals surface area contributed by atoms with Crippen LogP contribution in [0.15, 0.2) is 0 Å². The van der Waals surface area contributed by atoms with Gasteiger partial charge in [-0.1, -0.05) is 11.3 Å². The number of carbonyl (C=O) groups is 1. The van der Waals surface area contributed by atoms with Crippen LogP contribution in [0.1, 0.15) is 49.5 Å². The van der Waals surface area contributed by atoms with E-state index in [2.05, 4.69) is 20.0 Å². The van der Waals surface area contributed by atoms with Crippen LogP contribution in [0.25, 0.3) is 0 Å². The molecule has 0 atom stereocenters. The number of piperidine rings is 1. The zero-order valence-electron chi connectivity index (χ0n) is 11.6. The molecule has 6 heteroatoms. The minimum atomic E-state index is 0.357. The summed E-state index contributed by atoms with van der Waals surface area (Å²) in [4.78, 5) is 16.3. The van der Waals surface area contributed by atoms with Gasteiger partial charge in [0.1, 0.15) is 5.01 Å². The minimum absolute atomic E-state index is 0.357. The van der Waals surface area contributed by atoms with E-state index in [1.807, 2.05) is 0 Å². The second-order valence-corrected chi connectivity index (χ2v) is 7.09. The average molecular weight is 292 g/mol. The fourth-order valence-electron chi connectivity index (χ4n) is 3.27. The first-order valence-electron chi connectivity index (χ1n) is 7.69. The highest BCUT2D eigenvalue weighted by Crippen LogP contribution is 2.42. The van der Waals surface area contributed by atoms with Crippen LogP contribution in [0.3, 0.4) is 0 Å². The van der Waals surface area contributed by atoms with Gasteiger partial charge in [-0.2, -0.15) is 0 Å². The third-order valence-corrected chi connectivity index (χ3v) is 5.79. The van der Waals surface area contributed by atoms with Gasteiger partial charge in [0.25, 0.3) is 0 Å². The van der Waals surface area contributed by atoms with Gasteiger partial charge in [0, 0.05) is 38.0 Å². The Hall–Kier alpha value is -1.17. The van der Waals surface area contributed by atoms with Crippen LogP contribution in [0.4, 0.5) is 5.13 Å². The van der Waals surface area contributed by atoms with Gasteiger partial charge in [-0.25, -0.2) is 0 Å². The smallest absolute Gasteiger partial charge is 0.222 e. The molecule has 0 radical (unpaired) electrons. The molecule has 3 aliphatic rings. The molecule has 0 N–H and O–H groups in total. The van der Waals surface area contributed by atoms with Crippen molar-refractivity contribution in [3.63, 3.8) is 0 Å². The minimum Gasteiger partial charge on any atom is -0.347 e. The normalized spacial score (nSPS) is 24.7. The molecular formula is C14H20N4OS. The Morgan fingerprint density at radius 3 is 2.50 bits per heavy atom. The Bertz CT molecular complexity index is 505. The SMILES string of the molecule is O=C1CCCN1C1CCN(c2nnc(C3CC3)s2)CC1. The van der Waals surface area contributed by atoms with Crippen LogP contribution in [-0.4, -0.2) is 46.7 Å². The molecule has 1 saturated carbocycles. The van der Waals surface area contributed by atoms with E-state index < -0.39 is 0 Å². The lowest BCUT2D eigenvalue weighted by Gasteiger charge is -2.36. The molecule has 108 valence electrons. The lowest BCUT2D eigenvalue weighted by atomic mass is 10.0. The van der Waals surface area contributed by atoms with Gasteiger partial charge in [-0.3, -0.25) is 4.79 Å². The summed E-state index contributed by atoms with van der Waals surface area (Å²) in [6, 6.07) is 0.456. The molecular weight excluding hydrogens is 272 g/mol. The molecule has 20 heavy (non-hydrogen) atoms. The van der Waals surface area contributed by atoms with Gasteiger partial charge in [0.05, 0.1) is 0 Å². The highest BCUT2D eigenvalue weighted by molar-refractivity contribution is 7.15. The van der Waals surface area contributed by atoms with Gasteiger partial charge >= 0.3 is 0 Å². The summed E-state index contributed by atoms with van der Waals surface area (Å²) < 4.78 is 0. The molecule has 0 unspecified atom stereocenters. The van der Waals surface area contributed by atoms with Crippen LogP contribution < -0.4 is 4.90 Å². The Morgan fingerprint density at radius 2 is 1.85 bits per heavy atom. The van der Waals surface area contributed by atoms with Crippen molar-refractivity contribution in [3.05, 3.63) is 5.01 Å². The summed E-state index contributed by atoms with van der Waals surface area (Å²) in [5, 5.41) is 11.0. The van der Waals surface area contributed by atoms with Crippen molar-refractivity contribution in [1.82, 2.24) is 15.1 Å². The van der Waals surface area contributed by atoms with Crippen molar-refractivity contribution in [1.29, 1.82) is 0 Å². The molecule has 0 aromatic carbocycles. The molecule has 0 bridgehead atoms. The fourth-order valence-corrected chi connectivity index (χ4v) is 4.34. The van der Waals surface area contributed by atoms with Crippen molar-refractivity contribution in [2.75, 3.05) is 24.5 Å². The highest BCUT2D eigenvalue weighted by atomic mass is 32.1. The van der Waals surface area contributed by atoms with Crippen LogP contribution in [-0.2, 0) is 4.79 Å². The number of amides is 1. The van der Waals surface area contributed by atoms with Crippen molar-refractivity contribution in [3.8, 4) is 0 Å². The number of anilines is 1. The summed E-state index contributed by atoms with van der Waals surface area (Å²) in [7, 11) is 0. The largest absolute Gasteiger partial charge is 0.347 e. The summed E-state index contributed by atoms with van der Waals surface area (Å²) in [6.45, 7) is 2.98. The predicted octanol–water partition coefficient (Wildman–Crippen LogP) is 2.01. The van der Waals surface area contributed by atoms with E-state index in [1.54, 1.807) is 11.3 Å². The molecule has 0 spiro atoms. The zero-order chi connectivity index (χ0) is 13.5. The van der Waals surface area contributed by atoms with E-state index in [0.29, 0.717) is 17.9 Å². The van der Waals surface area contributed by atoms with Gasteiger partial charge in [0.2, 0.25) is 11.0 Å². The first-order chi connectivity index (χ1) is 9.81. The maximum absolute atomic E-state index is 11.8.